The summed E-state index contributed by atoms with van der Waals surface area (Å²) in [6.45, 7) is 6.01. The summed E-state index contributed by atoms with van der Waals surface area (Å²) in [5, 5.41) is 2.86. The van der Waals surface area contributed by atoms with E-state index in [1.807, 2.05) is 37.3 Å². The van der Waals surface area contributed by atoms with Gasteiger partial charge in [-0.15, -0.1) is 0 Å². The van der Waals surface area contributed by atoms with Crippen molar-refractivity contribution >= 4 is 15.9 Å². The van der Waals surface area contributed by atoms with Crippen molar-refractivity contribution in [3.8, 4) is 0 Å². The van der Waals surface area contributed by atoms with Gasteiger partial charge in [0, 0.05) is 18.2 Å². The van der Waals surface area contributed by atoms with Gasteiger partial charge in [-0.05, 0) is 43.5 Å². The standard InChI is InChI=1S/C19H24N2O3S/c1-14(2)21-25(23,24)18-11-7-10-17(12-18)19(22)20-13-15(3)16-8-5-4-6-9-16/h4-12,14-15,21H,13H2,1-3H3,(H,20,22). The van der Waals surface area contributed by atoms with E-state index in [-0.39, 0.29) is 22.8 Å². The molecule has 0 saturated carbocycles. The van der Waals surface area contributed by atoms with Gasteiger partial charge in [0.2, 0.25) is 10.0 Å². The molecule has 2 aromatic carbocycles. The number of rotatable bonds is 7. The summed E-state index contributed by atoms with van der Waals surface area (Å²) in [7, 11) is -3.62. The summed E-state index contributed by atoms with van der Waals surface area (Å²) in [4.78, 5) is 12.4. The number of benzene rings is 2. The molecule has 134 valence electrons. The Morgan fingerprint density at radius 1 is 1.00 bits per heavy atom. The van der Waals surface area contributed by atoms with Crippen LogP contribution in [-0.2, 0) is 10.0 Å². The van der Waals surface area contributed by atoms with E-state index >= 15 is 0 Å². The Balaban J connectivity index is 2.06. The molecule has 2 aromatic rings. The van der Waals surface area contributed by atoms with E-state index in [1.54, 1.807) is 26.0 Å². The van der Waals surface area contributed by atoms with Gasteiger partial charge < -0.3 is 5.32 Å². The van der Waals surface area contributed by atoms with Crippen LogP contribution in [0.5, 0.6) is 0 Å². The Labute approximate surface area is 149 Å². The van der Waals surface area contributed by atoms with Gasteiger partial charge in [0.05, 0.1) is 4.90 Å². The first-order valence-corrected chi connectivity index (χ1v) is 9.73. The van der Waals surface area contributed by atoms with Gasteiger partial charge in [0.15, 0.2) is 0 Å². The first kappa shape index (κ1) is 19.1. The van der Waals surface area contributed by atoms with Gasteiger partial charge in [0.25, 0.3) is 5.91 Å². The molecule has 2 rings (SSSR count). The lowest BCUT2D eigenvalue weighted by Crippen LogP contribution is -2.31. The molecule has 6 heteroatoms. The van der Waals surface area contributed by atoms with Gasteiger partial charge in [-0.25, -0.2) is 13.1 Å². The predicted octanol–water partition coefficient (Wildman–Crippen LogP) is 2.91. The van der Waals surface area contributed by atoms with Crippen molar-refractivity contribution in [1.82, 2.24) is 10.0 Å². The highest BCUT2D eigenvalue weighted by atomic mass is 32.2. The Hall–Kier alpha value is -2.18. The van der Waals surface area contributed by atoms with Crippen LogP contribution < -0.4 is 10.0 Å². The van der Waals surface area contributed by atoms with Crippen molar-refractivity contribution in [3.63, 3.8) is 0 Å². The molecule has 0 aliphatic heterocycles. The third-order valence-corrected chi connectivity index (χ3v) is 5.39. The van der Waals surface area contributed by atoms with Crippen LogP contribution in [0.1, 0.15) is 42.6 Å². The van der Waals surface area contributed by atoms with Crippen LogP contribution in [0.2, 0.25) is 0 Å². The molecule has 25 heavy (non-hydrogen) atoms. The smallest absolute Gasteiger partial charge is 0.251 e. The lowest BCUT2D eigenvalue weighted by atomic mass is 10.0. The zero-order chi connectivity index (χ0) is 18.4. The minimum atomic E-state index is -3.62. The first-order valence-electron chi connectivity index (χ1n) is 8.25. The molecular formula is C19H24N2O3S. The maximum atomic E-state index is 12.4. The number of sulfonamides is 1. The van der Waals surface area contributed by atoms with Crippen molar-refractivity contribution < 1.29 is 13.2 Å². The Kier molecular flexibility index (Phi) is 6.33. The monoisotopic (exact) mass is 360 g/mol. The highest BCUT2D eigenvalue weighted by molar-refractivity contribution is 7.89. The summed E-state index contributed by atoms with van der Waals surface area (Å²) in [6, 6.07) is 15.7. The zero-order valence-corrected chi connectivity index (χ0v) is 15.5. The molecule has 2 N–H and O–H groups in total. The molecule has 0 saturated heterocycles. The summed E-state index contributed by atoms with van der Waals surface area (Å²) in [5.41, 5.74) is 1.46. The van der Waals surface area contributed by atoms with Crippen molar-refractivity contribution in [2.24, 2.45) is 0 Å². The Bertz CT molecular complexity index is 818. The molecule has 0 heterocycles. The molecular weight excluding hydrogens is 336 g/mol. The van der Waals surface area contributed by atoms with E-state index in [9.17, 15) is 13.2 Å². The van der Waals surface area contributed by atoms with Crippen LogP contribution in [0.15, 0.2) is 59.5 Å². The van der Waals surface area contributed by atoms with Crippen LogP contribution in [-0.4, -0.2) is 26.9 Å². The summed E-state index contributed by atoms with van der Waals surface area (Å²) < 4.78 is 27.0. The second kappa shape index (κ2) is 8.27. The SMILES string of the molecule is CC(C)NS(=O)(=O)c1cccc(C(=O)NCC(C)c2ccccc2)c1. The van der Waals surface area contributed by atoms with Crippen molar-refractivity contribution in [3.05, 3.63) is 65.7 Å². The van der Waals surface area contributed by atoms with Gasteiger partial charge in [-0.2, -0.15) is 0 Å². The van der Waals surface area contributed by atoms with E-state index in [4.69, 9.17) is 0 Å². The fourth-order valence-corrected chi connectivity index (χ4v) is 3.73. The van der Waals surface area contributed by atoms with E-state index in [0.717, 1.165) is 5.56 Å². The quantitative estimate of drug-likeness (QED) is 0.797. The maximum absolute atomic E-state index is 12.4. The molecule has 0 bridgehead atoms. The molecule has 0 aliphatic rings. The second-order valence-electron chi connectivity index (χ2n) is 6.33. The number of hydrogen-bond donors (Lipinski definition) is 2. The number of carbonyl (C=O) groups is 1. The lowest BCUT2D eigenvalue weighted by Gasteiger charge is -2.14. The number of nitrogens with one attached hydrogen (secondary N) is 2. The minimum Gasteiger partial charge on any atom is -0.351 e. The number of amides is 1. The van der Waals surface area contributed by atoms with E-state index in [2.05, 4.69) is 10.0 Å². The van der Waals surface area contributed by atoms with E-state index < -0.39 is 10.0 Å². The molecule has 1 unspecified atom stereocenters. The number of carbonyl (C=O) groups excluding carboxylic acids is 1. The molecule has 5 nitrogen and oxygen atoms in total. The van der Waals surface area contributed by atoms with Gasteiger partial charge >= 0.3 is 0 Å². The number of hydrogen-bond acceptors (Lipinski definition) is 3. The van der Waals surface area contributed by atoms with Crippen molar-refractivity contribution in [1.29, 1.82) is 0 Å². The fraction of sp³-hybridized carbons (Fsp3) is 0.316. The predicted molar refractivity (Wildman–Crippen MR) is 99.1 cm³/mol. The first-order chi connectivity index (χ1) is 11.8. The van der Waals surface area contributed by atoms with E-state index in [1.165, 1.54) is 12.1 Å². The zero-order valence-electron chi connectivity index (χ0n) is 14.7. The normalized spacial score (nSPS) is 12.8. The summed E-state index contributed by atoms with van der Waals surface area (Å²) >= 11 is 0. The van der Waals surface area contributed by atoms with E-state index in [0.29, 0.717) is 12.1 Å². The van der Waals surface area contributed by atoms with Gasteiger partial charge in [0.1, 0.15) is 0 Å². The van der Waals surface area contributed by atoms with Crippen LogP contribution in [0.25, 0.3) is 0 Å². The largest absolute Gasteiger partial charge is 0.351 e. The Morgan fingerprint density at radius 3 is 2.32 bits per heavy atom. The molecule has 0 radical (unpaired) electrons. The van der Waals surface area contributed by atoms with Gasteiger partial charge in [-0.1, -0.05) is 43.3 Å². The summed E-state index contributed by atoms with van der Waals surface area (Å²) in [6.07, 6.45) is 0. The second-order valence-corrected chi connectivity index (χ2v) is 8.04. The molecule has 1 atom stereocenters. The molecule has 0 spiro atoms. The average Bonchev–Trinajstić information content (AvgIpc) is 2.59. The third-order valence-electron chi connectivity index (χ3n) is 3.73. The van der Waals surface area contributed by atoms with Crippen LogP contribution >= 0.6 is 0 Å². The lowest BCUT2D eigenvalue weighted by molar-refractivity contribution is 0.0951. The van der Waals surface area contributed by atoms with Crippen LogP contribution in [0.3, 0.4) is 0 Å². The van der Waals surface area contributed by atoms with Crippen molar-refractivity contribution in [2.75, 3.05) is 6.54 Å². The molecule has 0 aromatic heterocycles. The van der Waals surface area contributed by atoms with Crippen LogP contribution in [0.4, 0.5) is 0 Å². The van der Waals surface area contributed by atoms with Gasteiger partial charge in [-0.3, -0.25) is 4.79 Å². The highest BCUT2D eigenvalue weighted by Crippen LogP contribution is 2.15. The third kappa shape index (κ3) is 5.41. The topological polar surface area (TPSA) is 75.3 Å². The highest BCUT2D eigenvalue weighted by Gasteiger charge is 2.17. The average molecular weight is 360 g/mol. The van der Waals surface area contributed by atoms with Crippen LogP contribution in [0, 0.1) is 0 Å². The molecule has 0 aliphatic carbocycles. The Morgan fingerprint density at radius 2 is 1.68 bits per heavy atom. The molecule has 1 amide bonds. The summed E-state index contributed by atoms with van der Waals surface area (Å²) in [5.74, 6) is -0.121. The maximum Gasteiger partial charge on any atom is 0.251 e. The van der Waals surface area contributed by atoms with Crippen molar-refractivity contribution in [2.45, 2.75) is 37.6 Å². The molecule has 0 fully saturated rings. The minimum absolute atomic E-state index is 0.0879. The fourth-order valence-electron chi connectivity index (χ4n) is 2.43.